The van der Waals surface area contributed by atoms with Crippen LogP contribution in [0.25, 0.3) is 22.5 Å². The van der Waals surface area contributed by atoms with Crippen molar-refractivity contribution in [2.24, 2.45) is 0 Å². The molecule has 9 heteroatoms. The molecule has 6 nitrogen and oxygen atoms in total. The third-order valence-corrected chi connectivity index (χ3v) is 6.67. The third-order valence-electron chi connectivity index (χ3n) is 5.24. The highest BCUT2D eigenvalue weighted by atomic mass is 79.9. The molecule has 5 rings (SSSR count). The number of nitrogens with two attached hydrogens (primary N) is 1. The first kappa shape index (κ1) is 33.3. The van der Waals surface area contributed by atoms with Crippen LogP contribution in [-0.4, -0.2) is 34.2 Å². The molecule has 4 aromatic rings. The number of aromatic nitrogens is 2. The van der Waals surface area contributed by atoms with Crippen molar-refractivity contribution < 1.29 is 14.3 Å². The Morgan fingerprint density at radius 1 is 0.825 bits per heavy atom. The number of nitrogen functional groups attached to an aromatic ring is 1. The van der Waals surface area contributed by atoms with Crippen LogP contribution in [0.5, 0.6) is 0 Å². The molecule has 0 unspecified atom stereocenters. The van der Waals surface area contributed by atoms with Crippen LogP contribution in [0.2, 0.25) is 0 Å². The Morgan fingerprint density at radius 2 is 1.32 bits per heavy atom. The van der Waals surface area contributed by atoms with E-state index in [-0.39, 0.29) is 11.0 Å². The van der Waals surface area contributed by atoms with Gasteiger partial charge in [-0.3, -0.25) is 19.6 Å². The van der Waals surface area contributed by atoms with Crippen molar-refractivity contribution in [1.82, 2.24) is 9.97 Å². The van der Waals surface area contributed by atoms with E-state index in [2.05, 4.69) is 53.4 Å². The van der Waals surface area contributed by atoms with Crippen LogP contribution in [0, 0.1) is 0 Å². The molecule has 0 saturated carbocycles. The number of halogens is 3. The van der Waals surface area contributed by atoms with Crippen LogP contribution >= 0.6 is 43.5 Å². The number of benzene rings is 2. The minimum Gasteiger partial charge on any atom is -0.398 e. The van der Waals surface area contributed by atoms with Gasteiger partial charge in [-0.05, 0) is 95.3 Å². The van der Waals surface area contributed by atoms with Gasteiger partial charge in [0.1, 0.15) is 5.78 Å². The van der Waals surface area contributed by atoms with E-state index >= 15 is 0 Å². The van der Waals surface area contributed by atoms with Gasteiger partial charge in [0.15, 0.2) is 0 Å². The number of carbonyl (C=O) groups is 2. The minimum absolute atomic E-state index is 0.163. The zero-order chi connectivity index (χ0) is 29.3. The Morgan fingerprint density at radius 3 is 1.70 bits per heavy atom. The summed E-state index contributed by atoms with van der Waals surface area (Å²) in [4.78, 5) is 28.8. The van der Waals surface area contributed by atoms with Crippen LogP contribution < -0.4 is 5.73 Å². The molecule has 1 fully saturated rings. The monoisotopic (exact) mass is 687 g/mol. The molecule has 1 aliphatic rings. The summed E-state index contributed by atoms with van der Waals surface area (Å²) in [6.45, 7) is 4.89. The van der Waals surface area contributed by atoms with Gasteiger partial charge in [0.2, 0.25) is 5.24 Å². The van der Waals surface area contributed by atoms with E-state index in [0.29, 0.717) is 6.42 Å². The second kappa shape index (κ2) is 18.4. The Hall–Kier alpha value is -2.91. The van der Waals surface area contributed by atoms with Gasteiger partial charge in [-0.1, -0.05) is 46.3 Å². The highest BCUT2D eigenvalue weighted by molar-refractivity contribution is 9.11. The number of hydrogen-bond donors (Lipinski definition) is 1. The first-order valence-electron chi connectivity index (χ1n) is 12.6. The Labute approximate surface area is 257 Å². The van der Waals surface area contributed by atoms with Gasteiger partial charge >= 0.3 is 0 Å². The Bertz CT molecular complexity index is 1340. The predicted molar refractivity (Wildman–Crippen MR) is 170 cm³/mol. The minimum atomic E-state index is -0.361. The maximum Gasteiger partial charge on any atom is 0.218 e. The van der Waals surface area contributed by atoms with Gasteiger partial charge in [-0.15, -0.1) is 0 Å². The van der Waals surface area contributed by atoms with Crippen LogP contribution in [0.15, 0.2) is 94.1 Å². The number of anilines is 1. The molecule has 0 aliphatic carbocycles. The van der Waals surface area contributed by atoms with Crippen LogP contribution in [0.3, 0.4) is 0 Å². The summed E-state index contributed by atoms with van der Waals surface area (Å²) in [7, 11) is 0. The third kappa shape index (κ3) is 13.0. The second-order valence-corrected chi connectivity index (χ2v) is 10.9. The topological polar surface area (TPSA) is 95.2 Å². The fourth-order valence-electron chi connectivity index (χ4n) is 3.38. The SMILES string of the molecule is C1CCOC1.CC(=O)Cc1ccc(-c2ccccn2)cc1Br.CC(=O)Cl.Nc1ccc(-c2ccccn2)cc1Br. The van der Waals surface area contributed by atoms with Gasteiger partial charge in [-0.25, -0.2) is 0 Å². The lowest BCUT2D eigenvalue weighted by Crippen LogP contribution is -1.97. The first-order chi connectivity index (χ1) is 19.2. The number of ether oxygens (including phenoxy) is 1. The average molecular weight is 690 g/mol. The molecule has 0 bridgehead atoms. The molecule has 0 amide bonds. The fourth-order valence-corrected chi connectivity index (χ4v) is 4.28. The Balaban J connectivity index is 0.000000217. The van der Waals surface area contributed by atoms with E-state index in [4.69, 9.17) is 10.5 Å². The molecule has 1 saturated heterocycles. The maximum atomic E-state index is 11.1. The van der Waals surface area contributed by atoms with E-state index in [1.54, 1.807) is 19.3 Å². The number of hydrogen-bond acceptors (Lipinski definition) is 6. The average Bonchev–Trinajstić information content (AvgIpc) is 3.53. The molecule has 210 valence electrons. The van der Waals surface area contributed by atoms with Gasteiger partial charge in [0.05, 0.1) is 11.4 Å². The van der Waals surface area contributed by atoms with Crippen LogP contribution in [0.4, 0.5) is 5.69 Å². The number of carbonyl (C=O) groups excluding carboxylic acids is 2. The summed E-state index contributed by atoms with van der Waals surface area (Å²) < 4.78 is 6.80. The summed E-state index contributed by atoms with van der Waals surface area (Å²) in [5.41, 5.74) is 11.4. The molecule has 40 heavy (non-hydrogen) atoms. The zero-order valence-corrected chi connectivity index (χ0v) is 26.4. The molecule has 2 aromatic heterocycles. The number of ketones is 1. The highest BCUT2D eigenvalue weighted by Gasteiger charge is 2.06. The smallest absolute Gasteiger partial charge is 0.218 e. The number of rotatable bonds is 4. The largest absolute Gasteiger partial charge is 0.398 e. The summed E-state index contributed by atoms with van der Waals surface area (Å²) in [5.74, 6) is 0.163. The molecule has 2 N–H and O–H groups in total. The molecular weight excluding hydrogens is 658 g/mol. The van der Waals surface area contributed by atoms with Gasteiger partial charge in [-0.2, -0.15) is 0 Å². The fraction of sp³-hybridized carbons (Fsp3) is 0.226. The number of pyridine rings is 2. The molecule has 2 aromatic carbocycles. The lowest BCUT2D eigenvalue weighted by atomic mass is 10.1. The normalized spacial score (nSPS) is 11.5. The molecule has 3 heterocycles. The maximum absolute atomic E-state index is 11.1. The summed E-state index contributed by atoms with van der Waals surface area (Å²) in [6, 6.07) is 23.4. The highest BCUT2D eigenvalue weighted by Crippen LogP contribution is 2.26. The summed E-state index contributed by atoms with van der Waals surface area (Å²) in [6.07, 6.45) is 6.56. The van der Waals surface area contributed by atoms with Crippen molar-refractivity contribution in [2.75, 3.05) is 18.9 Å². The van der Waals surface area contributed by atoms with Crippen molar-refractivity contribution in [1.29, 1.82) is 0 Å². The molecule has 0 atom stereocenters. The second-order valence-electron chi connectivity index (χ2n) is 8.64. The van der Waals surface area contributed by atoms with Crippen LogP contribution in [0.1, 0.15) is 32.3 Å². The quantitative estimate of drug-likeness (QED) is 0.171. The van der Waals surface area contributed by atoms with Gasteiger partial charge in [0.25, 0.3) is 0 Å². The molecule has 0 spiro atoms. The van der Waals surface area contributed by atoms with E-state index < -0.39 is 0 Å². The molecule has 1 aliphatic heterocycles. The lowest BCUT2D eigenvalue weighted by molar-refractivity contribution is -0.116. The van der Waals surface area contributed by atoms with Crippen molar-refractivity contribution >= 4 is 60.2 Å². The first-order valence-corrected chi connectivity index (χ1v) is 14.5. The van der Waals surface area contributed by atoms with E-state index in [1.807, 2.05) is 72.8 Å². The Kier molecular flexibility index (Phi) is 15.4. The predicted octanol–water partition coefficient (Wildman–Crippen LogP) is 8.30. The van der Waals surface area contributed by atoms with Gasteiger partial charge in [0, 0.05) is 64.7 Å². The molecule has 0 radical (unpaired) electrons. The lowest BCUT2D eigenvalue weighted by Gasteiger charge is -2.05. The summed E-state index contributed by atoms with van der Waals surface area (Å²) >= 11 is 11.5. The van der Waals surface area contributed by atoms with Crippen molar-refractivity contribution in [3.63, 3.8) is 0 Å². The molecular formula is C31H32Br2ClN3O3. The summed E-state index contributed by atoms with van der Waals surface area (Å²) in [5, 5.41) is -0.361. The van der Waals surface area contributed by atoms with E-state index in [1.165, 1.54) is 19.8 Å². The van der Waals surface area contributed by atoms with E-state index in [9.17, 15) is 9.59 Å². The standard InChI is InChI=1S/C14H12BrNO.C11H9BrN2.C4H8O.C2H3ClO/c1-10(17)8-11-5-6-12(9-13(11)15)14-4-2-3-7-16-14;12-9-7-8(4-5-10(9)13)11-3-1-2-6-14-11;1-2-4-5-3-1;1-2(3)4/h2-7,9H,8H2,1H3;1-7H,13H2;1-4H2;1H3. The van der Waals surface area contributed by atoms with Crippen molar-refractivity contribution in [3.8, 4) is 22.5 Å². The number of nitrogens with zero attached hydrogens (tertiary/aromatic N) is 2. The van der Waals surface area contributed by atoms with Gasteiger partial charge < -0.3 is 10.5 Å². The van der Waals surface area contributed by atoms with E-state index in [0.717, 1.165) is 55.9 Å². The number of Topliss-reactive ketones (excluding diaryl/α,β-unsaturated/α-hetero) is 1. The van der Waals surface area contributed by atoms with Crippen molar-refractivity contribution in [3.05, 3.63) is 99.7 Å². The van der Waals surface area contributed by atoms with Crippen molar-refractivity contribution in [2.45, 2.75) is 33.1 Å². The van der Waals surface area contributed by atoms with Crippen LogP contribution in [-0.2, 0) is 20.7 Å². The zero-order valence-electron chi connectivity index (χ0n) is 22.4.